The number of hydrogen-bond acceptors (Lipinski definition) is 4. The van der Waals surface area contributed by atoms with E-state index in [0.29, 0.717) is 10.9 Å². The van der Waals surface area contributed by atoms with Crippen LogP contribution in [0.5, 0.6) is 5.75 Å². The molecule has 0 amide bonds. The molecule has 5 aromatic rings. The summed E-state index contributed by atoms with van der Waals surface area (Å²) in [4.78, 5) is 26.9. The van der Waals surface area contributed by atoms with Gasteiger partial charge in [-0.05, 0) is 48.4 Å². The molecule has 0 saturated heterocycles. The Hall–Kier alpha value is -4.52. The summed E-state index contributed by atoms with van der Waals surface area (Å²) in [5, 5.41) is 4.19. The molecule has 6 rings (SSSR count). The van der Waals surface area contributed by atoms with E-state index in [4.69, 9.17) is 4.74 Å². The van der Waals surface area contributed by atoms with Crippen LogP contribution in [0.1, 0.15) is 22.9 Å². The molecular weight excluding hydrogens is 452 g/mol. The van der Waals surface area contributed by atoms with Crippen molar-refractivity contribution < 1.29 is 4.74 Å². The van der Waals surface area contributed by atoms with Crippen LogP contribution in [-0.2, 0) is 14.1 Å². The van der Waals surface area contributed by atoms with Crippen molar-refractivity contribution in [3.05, 3.63) is 110 Å². The van der Waals surface area contributed by atoms with Gasteiger partial charge in [-0.15, -0.1) is 0 Å². The molecular formula is C29H26N4O3. The topological polar surface area (TPSA) is 70.2 Å². The Bertz CT molecular complexity index is 1790. The van der Waals surface area contributed by atoms with Gasteiger partial charge in [0.1, 0.15) is 5.75 Å². The van der Waals surface area contributed by atoms with Crippen molar-refractivity contribution in [2.45, 2.75) is 13.0 Å². The maximum atomic E-state index is 13.7. The second-order valence-corrected chi connectivity index (χ2v) is 9.24. The first-order chi connectivity index (χ1) is 17.4. The van der Waals surface area contributed by atoms with Gasteiger partial charge in [-0.1, -0.05) is 48.0 Å². The highest BCUT2D eigenvalue weighted by atomic mass is 16.5. The zero-order valence-electron chi connectivity index (χ0n) is 20.6. The van der Waals surface area contributed by atoms with E-state index in [0.717, 1.165) is 45.2 Å². The van der Waals surface area contributed by atoms with Gasteiger partial charge in [0, 0.05) is 14.1 Å². The summed E-state index contributed by atoms with van der Waals surface area (Å²) in [7, 11) is 4.91. The van der Waals surface area contributed by atoms with Gasteiger partial charge in [0.05, 0.1) is 46.8 Å². The Balaban J connectivity index is 1.85. The lowest BCUT2D eigenvalue weighted by Crippen LogP contribution is -2.37. The molecule has 0 unspecified atom stereocenters. The van der Waals surface area contributed by atoms with Crippen molar-refractivity contribution in [1.29, 1.82) is 0 Å². The van der Waals surface area contributed by atoms with Gasteiger partial charge in [-0.25, -0.2) is 4.79 Å². The largest absolute Gasteiger partial charge is 0.497 e. The fourth-order valence-corrected chi connectivity index (χ4v) is 5.35. The molecule has 1 aliphatic heterocycles. The molecule has 0 radical (unpaired) electrons. The van der Waals surface area contributed by atoms with E-state index in [1.54, 1.807) is 18.7 Å². The second-order valence-electron chi connectivity index (χ2n) is 9.24. The summed E-state index contributed by atoms with van der Waals surface area (Å²) in [5.41, 5.74) is 6.40. The van der Waals surface area contributed by atoms with Gasteiger partial charge >= 0.3 is 5.69 Å². The molecule has 2 aromatic heterocycles. The average Bonchev–Trinajstić information content (AvgIpc) is 3.27. The van der Waals surface area contributed by atoms with E-state index in [1.165, 1.54) is 11.6 Å². The fourth-order valence-electron chi connectivity index (χ4n) is 5.35. The number of rotatable bonds is 3. The summed E-state index contributed by atoms with van der Waals surface area (Å²) in [5.74, 6) is 0.735. The SMILES string of the molecule is COc1cccc([C@H]2Nc3ccccc3-n3c(-c4cccc(C)c4)c4c(=O)n(C)c(=O)n(C)c4c32)c1. The first-order valence-corrected chi connectivity index (χ1v) is 11.8. The number of nitrogens with one attached hydrogen (secondary N) is 1. The minimum absolute atomic E-state index is 0.312. The number of nitrogens with zero attached hydrogens (tertiary/aromatic N) is 3. The molecule has 7 heteroatoms. The predicted octanol–water partition coefficient (Wildman–Crippen LogP) is 4.53. The van der Waals surface area contributed by atoms with Crippen LogP contribution in [0, 0.1) is 6.92 Å². The van der Waals surface area contributed by atoms with E-state index in [9.17, 15) is 9.59 Å². The molecule has 3 aromatic carbocycles. The Morgan fingerprint density at radius 2 is 1.67 bits per heavy atom. The standard InChI is InChI=1S/C29H26N4O3/c1-17-9-7-11-19(15-17)25-23-26(31(2)29(35)32(3)28(23)34)27-24(18-10-8-12-20(16-18)36-4)30-21-13-5-6-14-22(21)33(25)27/h5-16,24,30H,1-4H3/t24-/m1/s1. The zero-order chi connectivity index (χ0) is 25.1. The number of benzene rings is 3. The van der Waals surface area contributed by atoms with Gasteiger partial charge in [-0.2, -0.15) is 0 Å². The summed E-state index contributed by atoms with van der Waals surface area (Å²) < 4.78 is 10.4. The monoisotopic (exact) mass is 478 g/mol. The molecule has 1 aliphatic rings. The van der Waals surface area contributed by atoms with Crippen LogP contribution in [0.2, 0.25) is 0 Å². The molecule has 3 heterocycles. The number of para-hydroxylation sites is 2. The third-order valence-corrected chi connectivity index (χ3v) is 7.05. The minimum atomic E-state index is -0.361. The number of anilines is 1. The smallest absolute Gasteiger partial charge is 0.331 e. The van der Waals surface area contributed by atoms with E-state index in [-0.39, 0.29) is 17.3 Å². The third kappa shape index (κ3) is 3.05. The minimum Gasteiger partial charge on any atom is -0.497 e. The average molecular weight is 479 g/mol. The molecule has 36 heavy (non-hydrogen) atoms. The van der Waals surface area contributed by atoms with E-state index < -0.39 is 0 Å². The number of ether oxygens (including phenoxy) is 1. The quantitative estimate of drug-likeness (QED) is 0.414. The maximum Gasteiger partial charge on any atom is 0.331 e. The van der Waals surface area contributed by atoms with Crippen molar-refractivity contribution in [3.63, 3.8) is 0 Å². The van der Waals surface area contributed by atoms with E-state index in [1.807, 2.05) is 73.7 Å². The molecule has 7 nitrogen and oxygen atoms in total. The lowest BCUT2D eigenvalue weighted by atomic mass is 9.99. The van der Waals surface area contributed by atoms with Gasteiger partial charge in [0.15, 0.2) is 0 Å². The molecule has 0 fully saturated rings. The Kier molecular flexibility index (Phi) is 4.89. The third-order valence-electron chi connectivity index (χ3n) is 7.05. The fraction of sp³-hybridized carbons (Fsp3) is 0.172. The first-order valence-electron chi connectivity index (χ1n) is 11.8. The molecule has 180 valence electrons. The van der Waals surface area contributed by atoms with Crippen LogP contribution in [-0.4, -0.2) is 20.8 Å². The number of fused-ring (bicyclic) bond motifs is 5. The molecule has 0 saturated carbocycles. The summed E-state index contributed by atoms with van der Waals surface area (Å²) >= 11 is 0. The van der Waals surface area contributed by atoms with Crippen molar-refractivity contribution in [2.24, 2.45) is 14.1 Å². The van der Waals surface area contributed by atoms with Crippen molar-refractivity contribution in [1.82, 2.24) is 13.7 Å². The van der Waals surface area contributed by atoms with E-state index >= 15 is 0 Å². The number of aromatic nitrogens is 3. The molecule has 1 N–H and O–H groups in total. The zero-order valence-corrected chi connectivity index (χ0v) is 20.6. The van der Waals surface area contributed by atoms with Crippen LogP contribution in [0.25, 0.3) is 27.8 Å². The highest BCUT2D eigenvalue weighted by Gasteiger charge is 2.34. The van der Waals surface area contributed by atoms with Crippen LogP contribution in [0.4, 0.5) is 5.69 Å². The van der Waals surface area contributed by atoms with Crippen LogP contribution in [0.15, 0.2) is 82.4 Å². The van der Waals surface area contributed by atoms with Crippen molar-refractivity contribution in [3.8, 4) is 22.7 Å². The van der Waals surface area contributed by atoms with Gasteiger partial charge in [-0.3, -0.25) is 13.9 Å². The summed E-state index contributed by atoms with van der Waals surface area (Å²) in [6.45, 7) is 2.04. The molecule has 0 aliphatic carbocycles. The number of hydrogen-bond donors (Lipinski definition) is 1. The molecule has 0 bridgehead atoms. The van der Waals surface area contributed by atoms with Crippen molar-refractivity contribution >= 4 is 16.6 Å². The Morgan fingerprint density at radius 3 is 2.44 bits per heavy atom. The highest BCUT2D eigenvalue weighted by molar-refractivity contribution is 5.99. The van der Waals surface area contributed by atoms with E-state index in [2.05, 4.69) is 16.0 Å². The molecule has 1 atom stereocenters. The van der Waals surface area contributed by atoms with Crippen LogP contribution < -0.4 is 21.3 Å². The maximum absolute atomic E-state index is 13.7. The Labute approximate surface area is 207 Å². The van der Waals surface area contributed by atoms with Gasteiger partial charge in [0.25, 0.3) is 5.56 Å². The Morgan fingerprint density at radius 1 is 0.889 bits per heavy atom. The van der Waals surface area contributed by atoms with Crippen molar-refractivity contribution in [2.75, 3.05) is 12.4 Å². The van der Waals surface area contributed by atoms with Crippen LogP contribution >= 0.6 is 0 Å². The number of aryl methyl sites for hydroxylation is 2. The first kappa shape index (κ1) is 22.0. The number of methoxy groups -OCH3 is 1. The summed E-state index contributed by atoms with van der Waals surface area (Å²) in [6.07, 6.45) is 0. The lowest BCUT2D eigenvalue weighted by molar-refractivity contribution is 0.414. The van der Waals surface area contributed by atoms with Gasteiger partial charge < -0.3 is 14.6 Å². The van der Waals surface area contributed by atoms with Crippen LogP contribution in [0.3, 0.4) is 0 Å². The predicted molar refractivity (Wildman–Crippen MR) is 142 cm³/mol. The second kappa shape index (κ2) is 8.02. The highest BCUT2D eigenvalue weighted by Crippen LogP contribution is 2.45. The summed E-state index contributed by atoms with van der Waals surface area (Å²) in [6, 6.07) is 23.7. The lowest BCUT2D eigenvalue weighted by Gasteiger charge is -2.31. The normalized spacial score (nSPS) is 14.3. The molecule has 0 spiro atoms. The van der Waals surface area contributed by atoms with Gasteiger partial charge in [0.2, 0.25) is 0 Å².